The van der Waals surface area contributed by atoms with Gasteiger partial charge in [0, 0.05) is 5.56 Å². The van der Waals surface area contributed by atoms with Crippen LogP contribution < -0.4 is 10.1 Å². The largest absolute Gasteiger partial charge is 0.435 e. The lowest BCUT2D eigenvalue weighted by Crippen LogP contribution is -2.36. The van der Waals surface area contributed by atoms with E-state index in [9.17, 15) is 22.0 Å². The minimum Gasteiger partial charge on any atom is -0.435 e. The summed E-state index contributed by atoms with van der Waals surface area (Å²) in [4.78, 5) is 12.8. The van der Waals surface area contributed by atoms with Gasteiger partial charge < -0.3 is 10.1 Å². The van der Waals surface area contributed by atoms with E-state index >= 15 is 0 Å². The van der Waals surface area contributed by atoms with Gasteiger partial charge in [0.15, 0.2) is 9.84 Å². The third-order valence-electron chi connectivity index (χ3n) is 5.25. The summed E-state index contributed by atoms with van der Waals surface area (Å²) in [6.45, 7) is -3.36. The van der Waals surface area contributed by atoms with Crippen LogP contribution in [0.2, 0.25) is 0 Å². The molecule has 3 aromatic rings. The van der Waals surface area contributed by atoms with Crippen LogP contribution in [0, 0.1) is 17.2 Å². The van der Waals surface area contributed by atoms with Crippen molar-refractivity contribution in [3.8, 4) is 22.9 Å². The number of hydrogen-bond donors (Lipinski definition) is 1. The summed E-state index contributed by atoms with van der Waals surface area (Å²) in [7, 11) is -3.91. The highest BCUT2D eigenvalue weighted by molar-refractivity contribution is 7.90. The molecule has 0 aliphatic rings. The van der Waals surface area contributed by atoms with E-state index in [1.807, 2.05) is 54.6 Å². The molecular weight excluding hydrogens is 474 g/mol. The Bertz CT molecular complexity index is 1290. The van der Waals surface area contributed by atoms with Crippen LogP contribution in [0.25, 0.3) is 11.1 Å². The Morgan fingerprint density at radius 1 is 0.971 bits per heavy atom. The molecule has 1 unspecified atom stereocenters. The van der Waals surface area contributed by atoms with Crippen molar-refractivity contribution in [3.05, 3.63) is 90.0 Å². The van der Waals surface area contributed by atoms with Gasteiger partial charge in [-0.3, -0.25) is 4.79 Å². The minimum absolute atomic E-state index is 0.0788. The molecule has 0 saturated heterocycles. The van der Waals surface area contributed by atoms with Crippen molar-refractivity contribution in [2.75, 3.05) is 12.3 Å². The smallest absolute Gasteiger partial charge is 0.387 e. The Morgan fingerprint density at radius 2 is 1.66 bits per heavy atom. The van der Waals surface area contributed by atoms with Crippen molar-refractivity contribution >= 4 is 15.7 Å². The maximum atomic E-state index is 13.0. The number of nitriles is 1. The molecule has 0 fully saturated rings. The Hall–Kier alpha value is -3.77. The number of nitrogens with zero attached hydrogens (tertiary/aromatic N) is 1. The maximum absolute atomic E-state index is 13.0. The quantitative estimate of drug-likeness (QED) is 0.396. The fraction of sp³-hybridized carbons (Fsp3) is 0.231. The number of rotatable bonds is 11. The summed E-state index contributed by atoms with van der Waals surface area (Å²) in [6, 6.07) is 24.5. The van der Waals surface area contributed by atoms with Crippen LogP contribution in [0.3, 0.4) is 0 Å². The number of carbonyl (C=O) groups excluding carboxylic acids is 1. The van der Waals surface area contributed by atoms with Gasteiger partial charge in [-0.25, -0.2) is 8.42 Å². The van der Waals surface area contributed by atoms with E-state index in [0.717, 1.165) is 16.7 Å². The highest BCUT2D eigenvalue weighted by Crippen LogP contribution is 2.25. The zero-order valence-corrected chi connectivity index (χ0v) is 19.5. The number of benzene rings is 3. The van der Waals surface area contributed by atoms with Crippen molar-refractivity contribution in [3.63, 3.8) is 0 Å². The number of carbonyl (C=O) groups is 1. The van der Waals surface area contributed by atoms with Gasteiger partial charge >= 0.3 is 6.61 Å². The minimum atomic E-state index is -3.91. The van der Waals surface area contributed by atoms with Crippen molar-refractivity contribution < 1.29 is 26.7 Å². The number of halogens is 2. The van der Waals surface area contributed by atoms with Crippen LogP contribution in [-0.2, 0) is 26.8 Å². The van der Waals surface area contributed by atoms with Gasteiger partial charge in [-0.2, -0.15) is 14.0 Å². The third-order valence-corrected chi connectivity index (χ3v) is 6.91. The van der Waals surface area contributed by atoms with Gasteiger partial charge in [-0.1, -0.05) is 72.8 Å². The number of ether oxygens (including phenoxy) is 1. The van der Waals surface area contributed by atoms with E-state index in [1.54, 1.807) is 6.07 Å². The highest BCUT2D eigenvalue weighted by atomic mass is 32.2. The first kappa shape index (κ1) is 25.8. The van der Waals surface area contributed by atoms with Crippen LogP contribution in [0.1, 0.15) is 11.1 Å². The molecule has 0 aliphatic carbocycles. The Kier molecular flexibility index (Phi) is 8.92. The third kappa shape index (κ3) is 7.90. The van der Waals surface area contributed by atoms with E-state index in [0.29, 0.717) is 0 Å². The molecule has 1 atom stereocenters. The molecule has 0 aromatic heterocycles. The molecule has 0 radical (unpaired) electrons. The Balaban J connectivity index is 1.83. The average molecular weight is 499 g/mol. The summed E-state index contributed by atoms with van der Waals surface area (Å²) in [5.41, 5.74) is 2.72. The number of amides is 1. The standard InChI is InChI=1S/C26H24F2N2O4S/c27-26(28)34-24-12-5-4-10-22(24)17-35(32,33)18-23(25(31)30-14-13-29)16-19-7-6-11-21(15-19)20-8-2-1-3-9-20/h1-12,15,23,26H,14,16-18H2,(H,30,31). The number of alkyl halides is 2. The molecule has 6 nitrogen and oxygen atoms in total. The zero-order valence-electron chi connectivity index (χ0n) is 18.7. The molecule has 0 aliphatic heterocycles. The van der Waals surface area contributed by atoms with Gasteiger partial charge in [-0.05, 0) is 29.2 Å². The second kappa shape index (κ2) is 12.1. The molecule has 0 spiro atoms. The van der Waals surface area contributed by atoms with E-state index in [-0.39, 0.29) is 24.3 Å². The van der Waals surface area contributed by atoms with E-state index in [2.05, 4.69) is 10.1 Å². The highest BCUT2D eigenvalue weighted by Gasteiger charge is 2.27. The Morgan fingerprint density at radius 3 is 2.37 bits per heavy atom. The average Bonchev–Trinajstić information content (AvgIpc) is 2.83. The summed E-state index contributed by atoms with van der Waals surface area (Å²) in [5, 5.41) is 11.3. The van der Waals surface area contributed by atoms with Gasteiger partial charge in [0.25, 0.3) is 0 Å². The van der Waals surface area contributed by atoms with Gasteiger partial charge in [0.05, 0.1) is 23.5 Å². The van der Waals surface area contributed by atoms with Crippen molar-refractivity contribution in [2.24, 2.45) is 5.92 Å². The SMILES string of the molecule is N#CCNC(=O)C(Cc1cccc(-c2ccccc2)c1)CS(=O)(=O)Cc1ccccc1OC(F)F. The molecule has 1 N–H and O–H groups in total. The van der Waals surface area contributed by atoms with Crippen LogP contribution in [0.15, 0.2) is 78.9 Å². The summed E-state index contributed by atoms with van der Waals surface area (Å²) >= 11 is 0. The molecule has 35 heavy (non-hydrogen) atoms. The first-order valence-electron chi connectivity index (χ1n) is 10.8. The van der Waals surface area contributed by atoms with Gasteiger partial charge in [0.1, 0.15) is 12.3 Å². The van der Waals surface area contributed by atoms with Crippen LogP contribution >= 0.6 is 0 Å². The lowest BCUT2D eigenvalue weighted by Gasteiger charge is -2.18. The Labute approximate surface area is 203 Å². The molecule has 1 amide bonds. The summed E-state index contributed by atoms with van der Waals surface area (Å²) in [6.07, 6.45) is 0.117. The van der Waals surface area contributed by atoms with Crippen molar-refractivity contribution in [1.82, 2.24) is 5.32 Å². The summed E-state index contributed by atoms with van der Waals surface area (Å²) in [5.74, 6) is -2.88. The second-order valence-electron chi connectivity index (χ2n) is 7.88. The lowest BCUT2D eigenvalue weighted by molar-refractivity contribution is -0.124. The molecule has 9 heteroatoms. The fourth-order valence-corrected chi connectivity index (χ4v) is 5.44. The van der Waals surface area contributed by atoms with E-state index in [1.165, 1.54) is 24.3 Å². The maximum Gasteiger partial charge on any atom is 0.387 e. The molecule has 0 saturated carbocycles. The predicted octanol–water partition coefficient (Wildman–Crippen LogP) is 4.37. The molecule has 3 rings (SSSR count). The fourth-order valence-electron chi connectivity index (χ4n) is 3.73. The van der Waals surface area contributed by atoms with E-state index < -0.39 is 39.8 Å². The van der Waals surface area contributed by atoms with Crippen molar-refractivity contribution in [2.45, 2.75) is 18.8 Å². The predicted molar refractivity (Wildman–Crippen MR) is 128 cm³/mol. The van der Waals surface area contributed by atoms with Gasteiger partial charge in [0.2, 0.25) is 5.91 Å². The molecule has 0 heterocycles. The van der Waals surface area contributed by atoms with Crippen LogP contribution in [0.5, 0.6) is 5.75 Å². The number of nitrogens with one attached hydrogen (secondary N) is 1. The summed E-state index contributed by atoms with van der Waals surface area (Å²) < 4.78 is 55.9. The molecule has 182 valence electrons. The zero-order chi connectivity index (χ0) is 25.3. The lowest BCUT2D eigenvalue weighted by atomic mass is 9.96. The second-order valence-corrected chi connectivity index (χ2v) is 9.99. The first-order valence-corrected chi connectivity index (χ1v) is 12.6. The molecular formula is C26H24F2N2O4S. The van der Waals surface area contributed by atoms with Crippen LogP contribution in [-0.4, -0.2) is 33.2 Å². The normalized spacial score (nSPS) is 12.1. The number of hydrogen-bond acceptors (Lipinski definition) is 5. The molecule has 3 aromatic carbocycles. The molecule has 0 bridgehead atoms. The number of para-hydroxylation sites is 1. The first-order chi connectivity index (χ1) is 16.8. The van der Waals surface area contributed by atoms with E-state index in [4.69, 9.17) is 5.26 Å². The van der Waals surface area contributed by atoms with Crippen molar-refractivity contribution in [1.29, 1.82) is 5.26 Å². The van der Waals surface area contributed by atoms with Crippen LogP contribution in [0.4, 0.5) is 8.78 Å². The monoisotopic (exact) mass is 498 g/mol. The number of sulfone groups is 1. The topological polar surface area (TPSA) is 96.3 Å². The van der Waals surface area contributed by atoms with Gasteiger partial charge in [-0.15, -0.1) is 0 Å².